The fourth-order valence-electron chi connectivity index (χ4n) is 7.74. The van der Waals surface area contributed by atoms with Crippen LogP contribution in [0.25, 0.3) is 0 Å². The van der Waals surface area contributed by atoms with Crippen molar-refractivity contribution in [3.8, 4) is 0 Å². The molecule has 4 fully saturated rings. The molecule has 0 radical (unpaired) electrons. The molecule has 0 aromatic carbocycles. The average Bonchev–Trinajstić information content (AvgIpc) is 2.83. The third kappa shape index (κ3) is 2.19. The first-order chi connectivity index (χ1) is 10.8. The molecule has 4 rings (SSSR count). The van der Waals surface area contributed by atoms with Crippen molar-refractivity contribution in [2.24, 2.45) is 40.4 Å². The molecular weight excluding hydrogens is 284 g/mol. The molecule has 0 unspecified atom stereocenters. The maximum atomic E-state index is 12.1. The lowest BCUT2D eigenvalue weighted by Crippen LogP contribution is -2.52. The molecule has 7 atom stereocenters. The van der Waals surface area contributed by atoms with E-state index in [0.29, 0.717) is 17.5 Å². The number of hydrogen-bond donors (Lipinski definition) is 0. The first kappa shape index (κ1) is 15.8. The number of hydrogen-bond acceptors (Lipinski definition) is 2. The van der Waals surface area contributed by atoms with Crippen molar-refractivity contribution >= 4 is 11.6 Å². The summed E-state index contributed by atoms with van der Waals surface area (Å²) in [5, 5.41) is 0. The standard InChI is InChI=1S/C21H32O2/c1-13(22)17-6-7-19-16-8-10-20(2)12-14(23)4-5-18(20)15(16)9-11-21(17,19)3/h15-19H,4-12H2,1-3H3/t15-,16-,17-,18-,19+,20-,21-/m1/s1. The first-order valence-electron chi connectivity index (χ1n) is 9.87. The molecule has 0 N–H and O–H groups in total. The summed E-state index contributed by atoms with van der Waals surface area (Å²) < 4.78 is 0. The molecule has 0 spiro atoms. The van der Waals surface area contributed by atoms with Gasteiger partial charge in [0.05, 0.1) is 0 Å². The van der Waals surface area contributed by atoms with Crippen LogP contribution in [0, 0.1) is 40.4 Å². The highest BCUT2D eigenvalue weighted by atomic mass is 16.1. The minimum atomic E-state index is 0.269. The lowest BCUT2D eigenvalue weighted by Gasteiger charge is -2.58. The second-order valence-electron chi connectivity index (χ2n) is 9.77. The molecule has 128 valence electrons. The molecule has 4 aliphatic carbocycles. The van der Waals surface area contributed by atoms with E-state index in [2.05, 4.69) is 13.8 Å². The summed E-state index contributed by atoms with van der Waals surface area (Å²) in [4.78, 5) is 24.1. The molecule has 0 amide bonds. The summed E-state index contributed by atoms with van der Waals surface area (Å²) in [6, 6.07) is 0. The van der Waals surface area contributed by atoms with Crippen LogP contribution in [0.3, 0.4) is 0 Å². The van der Waals surface area contributed by atoms with E-state index in [1.54, 1.807) is 0 Å². The van der Waals surface area contributed by atoms with Crippen LogP contribution in [-0.4, -0.2) is 11.6 Å². The van der Waals surface area contributed by atoms with Crippen LogP contribution >= 0.6 is 0 Å². The Morgan fingerprint density at radius 2 is 1.65 bits per heavy atom. The summed E-state index contributed by atoms with van der Waals surface area (Å²) in [6.45, 7) is 6.63. The van der Waals surface area contributed by atoms with Crippen LogP contribution in [0.15, 0.2) is 0 Å². The van der Waals surface area contributed by atoms with Crippen molar-refractivity contribution in [2.75, 3.05) is 0 Å². The third-order valence-corrected chi connectivity index (χ3v) is 8.78. The van der Waals surface area contributed by atoms with Gasteiger partial charge in [-0.25, -0.2) is 0 Å². The van der Waals surface area contributed by atoms with Gasteiger partial charge in [0.2, 0.25) is 0 Å². The van der Waals surface area contributed by atoms with Crippen LogP contribution in [0.4, 0.5) is 0 Å². The van der Waals surface area contributed by atoms with E-state index in [-0.39, 0.29) is 10.8 Å². The van der Waals surface area contributed by atoms with Gasteiger partial charge in [-0.05, 0) is 86.4 Å². The van der Waals surface area contributed by atoms with Gasteiger partial charge in [0, 0.05) is 18.8 Å². The SMILES string of the molecule is CC(=O)[C@H]1CC[C@H]2[C@@H]3CC[C@]4(C)CC(=O)CC[C@@H]4[C@@H]3CC[C@]12C. The maximum absolute atomic E-state index is 12.1. The Kier molecular flexibility index (Phi) is 3.56. The Bertz CT molecular complexity index is 538. The van der Waals surface area contributed by atoms with Gasteiger partial charge in [-0.15, -0.1) is 0 Å². The van der Waals surface area contributed by atoms with Crippen molar-refractivity contribution < 1.29 is 9.59 Å². The molecule has 2 heteroatoms. The van der Waals surface area contributed by atoms with E-state index in [9.17, 15) is 9.59 Å². The van der Waals surface area contributed by atoms with Crippen molar-refractivity contribution in [1.82, 2.24) is 0 Å². The molecule has 4 saturated carbocycles. The Hall–Kier alpha value is -0.660. The smallest absolute Gasteiger partial charge is 0.133 e. The van der Waals surface area contributed by atoms with E-state index in [1.807, 2.05) is 6.92 Å². The molecule has 23 heavy (non-hydrogen) atoms. The average molecular weight is 316 g/mol. The Balaban J connectivity index is 1.61. The van der Waals surface area contributed by atoms with Crippen molar-refractivity contribution in [3.63, 3.8) is 0 Å². The molecule has 0 aromatic heterocycles. The summed E-state index contributed by atoms with van der Waals surface area (Å²) in [6.07, 6.45) is 10.3. The summed E-state index contributed by atoms with van der Waals surface area (Å²) >= 11 is 0. The lowest BCUT2D eigenvalue weighted by atomic mass is 9.46. The zero-order valence-corrected chi connectivity index (χ0v) is 15.1. The number of Topliss-reactive ketones (excluding diaryl/α,β-unsaturated/α-hetero) is 2. The molecule has 0 saturated heterocycles. The van der Waals surface area contributed by atoms with Gasteiger partial charge < -0.3 is 0 Å². The number of fused-ring (bicyclic) bond motifs is 5. The molecule has 4 aliphatic rings. The monoisotopic (exact) mass is 316 g/mol. The third-order valence-electron chi connectivity index (χ3n) is 8.78. The number of ketones is 2. The second kappa shape index (κ2) is 5.17. The number of carbonyl (C=O) groups is 2. The fraction of sp³-hybridized carbons (Fsp3) is 0.905. The Labute approximate surface area is 140 Å². The Morgan fingerprint density at radius 3 is 2.39 bits per heavy atom. The van der Waals surface area contributed by atoms with E-state index < -0.39 is 0 Å². The van der Waals surface area contributed by atoms with Crippen LogP contribution in [0.2, 0.25) is 0 Å². The zero-order valence-electron chi connectivity index (χ0n) is 15.1. The topological polar surface area (TPSA) is 34.1 Å². The van der Waals surface area contributed by atoms with Gasteiger partial charge in [0.1, 0.15) is 11.6 Å². The highest BCUT2D eigenvalue weighted by Gasteiger charge is 2.59. The Morgan fingerprint density at radius 1 is 0.957 bits per heavy atom. The first-order valence-corrected chi connectivity index (χ1v) is 9.87. The van der Waals surface area contributed by atoms with Gasteiger partial charge in [-0.2, -0.15) is 0 Å². The predicted octanol–water partition coefficient (Wildman–Crippen LogP) is 4.80. The van der Waals surface area contributed by atoms with Gasteiger partial charge in [-0.1, -0.05) is 13.8 Å². The fourth-order valence-corrected chi connectivity index (χ4v) is 7.74. The van der Waals surface area contributed by atoms with Crippen LogP contribution in [0.1, 0.15) is 78.6 Å². The molecular formula is C21H32O2. The molecule has 2 nitrogen and oxygen atoms in total. The van der Waals surface area contributed by atoms with Crippen molar-refractivity contribution in [1.29, 1.82) is 0 Å². The highest BCUT2D eigenvalue weighted by molar-refractivity contribution is 5.80. The van der Waals surface area contributed by atoms with Gasteiger partial charge >= 0.3 is 0 Å². The lowest BCUT2D eigenvalue weighted by molar-refractivity contribution is -0.139. The highest BCUT2D eigenvalue weighted by Crippen LogP contribution is 2.66. The van der Waals surface area contributed by atoms with Crippen molar-refractivity contribution in [3.05, 3.63) is 0 Å². The van der Waals surface area contributed by atoms with Gasteiger partial charge in [0.25, 0.3) is 0 Å². The summed E-state index contributed by atoms with van der Waals surface area (Å²) in [5.74, 6) is 4.42. The van der Waals surface area contributed by atoms with E-state index >= 15 is 0 Å². The minimum Gasteiger partial charge on any atom is -0.300 e. The largest absolute Gasteiger partial charge is 0.300 e. The summed E-state index contributed by atoms with van der Waals surface area (Å²) in [5.41, 5.74) is 0.550. The van der Waals surface area contributed by atoms with Gasteiger partial charge in [0.15, 0.2) is 0 Å². The van der Waals surface area contributed by atoms with E-state index in [0.717, 1.165) is 49.4 Å². The van der Waals surface area contributed by atoms with E-state index in [1.165, 1.54) is 32.1 Å². The van der Waals surface area contributed by atoms with Gasteiger partial charge in [-0.3, -0.25) is 9.59 Å². The molecule has 0 aromatic rings. The number of carbonyl (C=O) groups excluding carboxylic acids is 2. The van der Waals surface area contributed by atoms with Crippen LogP contribution < -0.4 is 0 Å². The summed E-state index contributed by atoms with van der Waals surface area (Å²) in [7, 11) is 0. The predicted molar refractivity (Wildman–Crippen MR) is 90.9 cm³/mol. The normalized spacial score (nSPS) is 52.5. The molecule has 0 bridgehead atoms. The maximum Gasteiger partial charge on any atom is 0.133 e. The molecule has 0 aliphatic heterocycles. The van der Waals surface area contributed by atoms with Crippen LogP contribution in [-0.2, 0) is 9.59 Å². The minimum absolute atomic E-state index is 0.269. The van der Waals surface area contributed by atoms with E-state index in [4.69, 9.17) is 0 Å². The van der Waals surface area contributed by atoms with Crippen LogP contribution in [0.5, 0.6) is 0 Å². The molecule has 0 heterocycles. The second-order valence-corrected chi connectivity index (χ2v) is 9.77. The zero-order chi connectivity index (χ0) is 16.4. The number of rotatable bonds is 1. The van der Waals surface area contributed by atoms with Crippen molar-refractivity contribution in [2.45, 2.75) is 78.6 Å². The quantitative estimate of drug-likeness (QED) is 0.696.